The molecule has 0 amide bonds. The summed E-state index contributed by atoms with van der Waals surface area (Å²) in [6.45, 7) is 5.45. The van der Waals surface area contributed by atoms with Gasteiger partial charge >= 0.3 is 0 Å². The number of imidazole rings is 1. The Bertz CT molecular complexity index is 772. The Kier molecular flexibility index (Phi) is 4.77. The van der Waals surface area contributed by atoms with Crippen molar-refractivity contribution in [2.24, 2.45) is 0 Å². The van der Waals surface area contributed by atoms with Gasteiger partial charge in [0.25, 0.3) is 0 Å². The van der Waals surface area contributed by atoms with Gasteiger partial charge in [0.1, 0.15) is 5.82 Å². The number of aromatic nitrogens is 2. The second kappa shape index (κ2) is 6.97. The molecule has 1 N–H and O–H groups in total. The zero-order chi connectivity index (χ0) is 16.2. The highest BCUT2D eigenvalue weighted by atomic mass is 16.2. The Labute approximate surface area is 137 Å². The molecule has 0 saturated carbocycles. The van der Waals surface area contributed by atoms with Crippen LogP contribution in [-0.4, -0.2) is 21.3 Å². The van der Waals surface area contributed by atoms with Crippen molar-refractivity contribution >= 4 is 11.0 Å². The second-order valence-electron chi connectivity index (χ2n) is 6.33. The van der Waals surface area contributed by atoms with Gasteiger partial charge in [0.15, 0.2) is 0 Å². The van der Waals surface area contributed by atoms with Gasteiger partial charge in [-0.15, -0.1) is 0 Å². The van der Waals surface area contributed by atoms with Crippen LogP contribution in [0.1, 0.15) is 43.1 Å². The van der Waals surface area contributed by atoms with Crippen LogP contribution in [0.25, 0.3) is 11.0 Å². The standard InChI is InChI=1S/C20H24N2O/c1-15(2)17-11-9-16(10-12-17)14-22-19-7-4-3-6-18(19)21-20(22)8-5-13-23/h3-4,6-7,9-12,15,23H,5,8,13-14H2,1-2H3. The number of aliphatic hydroxyl groups excluding tert-OH is 1. The molecule has 2 aromatic carbocycles. The van der Waals surface area contributed by atoms with E-state index in [0.717, 1.165) is 36.2 Å². The minimum atomic E-state index is 0.201. The lowest BCUT2D eigenvalue weighted by molar-refractivity contribution is 0.287. The average molecular weight is 308 g/mol. The first-order chi connectivity index (χ1) is 11.2. The summed E-state index contributed by atoms with van der Waals surface area (Å²) in [5, 5.41) is 9.13. The van der Waals surface area contributed by atoms with Crippen LogP contribution in [0, 0.1) is 0 Å². The molecule has 3 heteroatoms. The molecule has 0 aliphatic rings. The minimum Gasteiger partial charge on any atom is -0.396 e. The lowest BCUT2D eigenvalue weighted by Gasteiger charge is -2.11. The predicted octanol–water partition coefficient (Wildman–Crippen LogP) is 4.13. The number of aliphatic hydroxyl groups is 1. The molecular weight excluding hydrogens is 284 g/mol. The van der Waals surface area contributed by atoms with E-state index in [1.807, 2.05) is 6.07 Å². The van der Waals surface area contributed by atoms with Crippen molar-refractivity contribution in [1.82, 2.24) is 9.55 Å². The number of nitrogens with zero attached hydrogens (tertiary/aromatic N) is 2. The van der Waals surface area contributed by atoms with Gasteiger partial charge in [0.2, 0.25) is 0 Å². The maximum Gasteiger partial charge on any atom is 0.110 e. The van der Waals surface area contributed by atoms with Gasteiger partial charge in [-0.25, -0.2) is 4.98 Å². The Hall–Kier alpha value is -2.13. The third-order valence-corrected chi connectivity index (χ3v) is 4.28. The summed E-state index contributed by atoms with van der Waals surface area (Å²) in [6, 6.07) is 17.1. The smallest absolute Gasteiger partial charge is 0.110 e. The molecule has 1 heterocycles. The molecule has 120 valence electrons. The van der Waals surface area contributed by atoms with Crippen LogP contribution < -0.4 is 0 Å². The van der Waals surface area contributed by atoms with Crippen LogP contribution in [0.15, 0.2) is 48.5 Å². The normalized spacial score (nSPS) is 11.5. The molecule has 1 aromatic heterocycles. The highest BCUT2D eigenvalue weighted by Gasteiger charge is 2.10. The number of aryl methyl sites for hydroxylation is 1. The van der Waals surface area contributed by atoms with E-state index in [1.165, 1.54) is 11.1 Å². The fourth-order valence-electron chi connectivity index (χ4n) is 2.92. The average Bonchev–Trinajstić information content (AvgIpc) is 2.91. The van der Waals surface area contributed by atoms with E-state index in [1.54, 1.807) is 0 Å². The molecule has 0 aliphatic heterocycles. The summed E-state index contributed by atoms with van der Waals surface area (Å²) in [5.74, 6) is 1.60. The van der Waals surface area contributed by atoms with E-state index in [9.17, 15) is 0 Å². The lowest BCUT2D eigenvalue weighted by atomic mass is 10.0. The lowest BCUT2D eigenvalue weighted by Crippen LogP contribution is -2.06. The zero-order valence-corrected chi connectivity index (χ0v) is 13.9. The molecular formula is C20H24N2O. The predicted molar refractivity (Wildman–Crippen MR) is 94.8 cm³/mol. The summed E-state index contributed by atoms with van der Waals surface area (Å²) in [5.41, 5.74) is 4.83. The molecule has 0 atom stereocenters. The molecule has 0 bridgehead atoms. The van der Waals surface area contributed by atoms with Crippen LogP contribution in [0.5, 0.6) is 0 Å². The number of benzene rings is 2. The Morgan fingerprint density at radius 2 is 1.78 bits per heavy atom. The molecule has 3 rings (SSSR count). The summed E-state index contributed by atoms with van der Waals surface area (Å²) in [4.78, 5) is 4.74. The van der Waals surface area contributed by atoms with Gasteiger partial charge in [0.05, 0.1) is 11.0 Å². The van der Waals surface area contributed by atoms with Crippen molar-refractivity contribution < 1.29 is 5.11 Å². The first-order valence-corrected chi connectivity index (χ1v) is 8.33. The van der Waals surface area contributed by atoms with Crippen LogP contribution >= 0.6 is 0 Å². The first-order valence-electron chi connectivity index (χ1n) is 8.33. The van der Waals surface area contributed by atoms with Gasteiger partial charge in [-0.3, -0.25) is 0 Å². The van der Waals surface area contributed by atoms with E-state index in [0.29, 0.717) is 5.92 Å². The van der Waals surface area contributed by atoms with Crippen LogP contribution in [0.2, 0.25) is 0 Å². The number of rotatable bonds is 6. The summed E-state index contributed by atoms with van der Waals surface area (Å²) in [7, 11) is 0. The van der Waals surface area contributed by atoms with Crippen LogP contribution in [0.3, 0.4) is 0 Å². The topological polar surface area (TPSA) is 38.0 Å². The first kappa shape index (κ1) is 15.8. The van der Waals surface area contributed by atoms with Crippen molar-refractivity contribution in [1.29, 1.82) is 0 Å². The van der Waals surface area contributed by atoms with Crippen molar-refractivity contribution in [2.75, 3.05) is 6.61 Å². The molecule has 3 aromatic rings. The fraction of sp³-hybridized carbons (Fsp3) is 0.350. The number of fused-ring (bicyclic) bond motifs is 1. The second-order valence-corrected chi connectivity index (χ2v) is 6.33. The Morgan fingerprint density at radius 1 is 1.04 bits per heavy atom. The summed E-state index contributed by atoms with van der Waals surface area (Å²) < 4.78 is 2.27. The molecule has 3 nitrogen and oxygen atoms in total. The zero-order valence-electron chi connectivity index (χ0n) is 13.9. The highest BCUT2D eigenvalue weighted by Crippen LogP contribution is 2.20. The van der Waals surface area contributed by atoms with E-state index >= 15 is 0 Å². The molecule has 0 spiro atoms. The van der Waals surface area contributed by atoms with Gasteiger partial charge < -0.3 is 9.67 Å². The van der Waals surface area contributed by atoms with Crippen molar-refractivity contribution in [3.05, 3.63) is 65.5 Å². The molecule has 0 saturated heterocycles. The largest absolute Gasteiger partial charge is 0.396 e. The van der Waals surface area contributed by atoms with Gasteiger partial charge in [0, 0.05) is 19.6 Å². The van der Waals surface area contributed by atoms with E-state index in [2.05, 4.69) is 60.9 Å². The van der Waals surface area contributed by atoms with Crippen LogP contribution in [0.4, 0.5) is 0 Å². The monoisotopic (exact) mass is 308 g/mol. The third kappa shape index (κ3) is 3.45. The number of hydrogen-bond acceptors (Lipinski definition) is 2. The number of para-hydroxylation sites is 2. The van der Waals surface area contributed by atoms with Crippen LogP contribution in [-0.2, 0) is 13.0 Å². The summed E-state index contributed by atoms with van der Waals surface area (Å²) in [6.07, 6.45) is 1.55. The molecule has 0 fully saturated rings. The third-order valence-electron chi connectivity index (χ3n) is 4.28. The number of hydrogen-bond donors (Lipinski definition) is 1. The fourth-order valence-corrected chi connectivity index (χ4v) is 2.92. The molecule has 0 unspecified atom stereocenters. The molecule has 0 aliphatic carbocycles. The quantitative estimate of drug-likeness (QED) is 0.743. The van der Waals surface area contributed by atoms with Crippen molar-refractivity contribution in [3.8, 4) is 0 Å². The summed E-state index contributed by atoms with van der Waals surface area (Å²) >= 11 is 0. The maximum absolute atomic E-state index is 9.13. The van der Waals surface area contributed by atoms with Gasteiger partial charge in [-0.2, -0.15) is 0 Å². The molecule has 23 heavy (non-hydrogen) atoms. The Morgan fingerprint density at radius 3 is 2.48 bits per heavy atom. The van der Waals surface area contributed by atoms with Crippen molar-refractivity contribution in [2.45, 2.75) is 39.2 Å². The van der Waals surface area contributed by atoms with E-state index in [4.69, 9.17) is 10.1 Å². The Balaban J connectivity index is 1.94. The maximum atomic E-state index is 9.13. The minimum absolute atomic E-state index is 0.201. The SMILES string of the molecule is CC(C)c1ccc(Cn2c(CCCO)nc3ccccc32)cc1. The van der Waals surface area contributed by atoms with E-state index < -0.39 is 0 Å². The van der Waals surface area contributed by atoms with E-state index in [-0.39, 0.29) is 6.61 Å². The van der Waals surface area contributed by atoms with Crippen molar-refractivity contribution in [3.63, 3.8) is 0 Å². The van der Waals surface area contributed by atoms with Gasteiger partial charge in [-0.05, 0) is 35.6 Å². The highest BCUT2D eigenvalue weighted by molar-refractivity contribution is 5.76. The van der Waals surface area contributed by atoms with Gasteiger partial charge in [-0.1, -0.05) is 50.2 Å². The molecule has 0 radical (unpaired) electrons.